The number of rotatable bonds is 2. The molecule has 1 heterocycles. The molecule has 3 N–H and O–H groups in total. The van der Waals surface area contributed by atoms with Crippen LogP contribution in [0.25, 0.3) is 11.1 Å². The minimum Gasteiger partial charge on any atom is -0.409 e. The molecule has 0 bridgehead atoms. The highest BCUT2D eigenvalue weighted by atomic mass is 79.9. The van der Waals surface area contributed by atoms with E-state index in [9.17, 15) is 4.39 Å². The topological polar surface area (TPSA) is 71.5 Å². The lowest BCUT2D eigenvalue weighted by atomic mass is 10.1. The van der Waals surface area contributed by atoms with Crippen molar-refractivity contribution in [2.45, 2.75) is 0 Å². The highest BCUT2D eigenvalue weighted by Gasteiger charge is 2.23. The summed E-state index contributed by atoms with van der Waals surface area (Å²) in [7, 11) is 0. The van der Waals surface area contributed by atoms with Crippen LogP contribution in [0.1, 0.15) is 5.69 Å². The Labute approximate surface area is 142 Å². The van der Waals surface area contributed by atoms with Gasteiger partial charge in [-0.3, -0.25) is 0 Å². The number of aromatic nitrogens is 1. The van der Waals surface area contributed by atoms with Gasteiger partial charge in [0, 0.05) is 11.1 Å². The molecule has 21 heavy (non-hydrogen) atoms. The summed E-state index contributed by atoms with van der Waals surface area (Å²) in [5.41, 5.74) is 5.64. The predicted octanol–water partition coefficient (Wildman–Crippen LogP) is 4.70. The minimum atomic E-state index is -0.600. The van der Waals surface area contributed by atoms with Gasteiger partial charge in [0.1, 0.15) is 16.7 Å². The van der Waals surface area contributed by atoms with E-state index in [-0.39, 0.29) is 42.3 Å². The summed E-state index contributed by atoms with van der Waals surface area (Å²) in [5.74, 6) is -0.895. The van der Waals surface area contributed by atoms with Crippen molar-refractivity contribution in [3.63, 3.8) is 0 Å². The molecule has 4 nitrogen and oxygen atoms in total. The van der Waals surface area contributed by atoms with Gasteiger partial charge in [-0.1, -0.05) is 46.0 Å². The van der Waals surface area contributed by atoms with E-state index in [1.165, 1.54) is 18.2 Å². The molecule has 2 rings (SSSR count). The normalized spacial score (nSPS) is 11.8. The Balaban J connectivity index is 2.81. The van der Waals surface area contributed by atoms with Crippen molar-refractivity contribution in [2.75, 3.05) is 0 Å². The molecule has 9 heteroatoms. The van der Waals surface area contributed by atoms with E-state index in [0.717, 1.165) is 0 Å². The average molecular weight is 413 g/mol. The van der Waals surface area contributed by atoms with Gasteiger partial charge in [0.15, 0.2) is 5.84 Å². The first kappa shape index (κ1) is 16.3. The van der Waals surface area contributed by atoms with Gasteiger partial charge in [-0.2, -0.15) is 0 Å². The second-order valence-corrected chi connectivity index (χ2v) is 5.77. The van der Waals surface area contributed by atoms with Crippen molar-refractivity contribution >= 4 is 56.6 Å². The molecule has 0 spiro atoms. The maximum atomic E-state index is 14.0. The van der Waals surface area contributed by atoms with Crippen molar-refractivity contribution in [2.24, 2.45) is 10.9 Å². The SMILES string of the molecule is NC(=NO)c1nc(Cl)c(-c2c(F)cccc2Cl)c(Cl)c1Br. The molecule has 110 valence electrons. The van der Waals surface area contributed by atoms with Crippen molar-refractivity contribution in [3.8, 4) is 11.1 Å². The highest BCUT2D eigenvalue weighted by molar-refractivity contribution is 9.10. The van der Waals surface area contributed by atoms with Crippen LogP contribution in [0.4, 0.5) is 4.39 Å². The van der Waals surface area contributed by atoms with Crippen LogP contribution in [0.5, 0.6) is 0 Å². The van der Waals surface area contributed by atoms with Crippen LogP contribution < -0.4 is 5.73 Å². The first-order valence-electron chi connectivity index (χ1n) is 5.35. The van der Waals surface area contributed by atoms with E-state index in [1.54, 1.807) is 0 Å². The Morgan fingerprint density at radius 2 is 1.95 bits per heavy atom. The van der Waals surface area contributed by atoms with Crippen LogP contribution in [-0.2, 0) is 0 Å². The summed E-state index contributed by atoms with van der Waals surface area (Å²) in [6, 6.07) is 4.17. The van der Waals surface area contributed by atoms with Crippen LogP contribution in [0.15, 0.2) is 27.8 Å². The smallest absolute Gasteiger partial charge is 0.190 e. The number of nitrogens with zero attached hydrogens (tertiary/aromatic N) is 2. The highest BCUT2D eigenvalue weighted by Crippen LogP contribution is 2.43. The second-order valence-electron chi connectivity index (χ2n) is 3.84. The molecule has 0 aliphatic rings. The molecule has 0 radical (unpaired) electrons. The average Bonchev–Trinajstić information content (AvgIpc) is 2.45. The standard InChI is InChI=1S/C12H6BrCl3FN3O/c13-8-9(15)7(6-4(14)2-1-3-5(6)17)11(16)19-10(8)12(18)20-21/h1-3,21H,(H2,18,20). The van der Waals surface area contributed by atoms with Crippen molar-refractivity contribution in [1.82, 2.24) is 4.98 Å². The largest absolute Gasteiger partial charge is 0.409 e. The lowest BCUT2D eigenvalue weighted by Gasteiger charge is -2.13. The molecule has 1 aromatic heterocycles. The van der Waals surface area contributed by atoms with Gasteiger partial charge >= 0.3 is 0 Å². The molecule has 0 saturated heterocycles. The number of nitrogens with two attached hydrogens (primary N) is 1. The quantitative estimate of drug-likeness (QED) is 0.246. The van der Waals surface area contributed by atoms with Gasteiger partial charge in [-0.25, -0.2) is 9.37 Å². The van der Waals surface area contributed by atoms with Crippen LogP contribution in [-0.4, -0.2) is 16.0 Å². The van der Waals surface area contributed by atoms with Gasteiger partial charge in [-0.15, -0.1) is 0 Å². The zero-order valence-corrected chi connectivity index (χ0v) is 13.9. The zero-order chi connectivity index (χ0) is 15.7. The number of oxime groups is 1. The van der Waals surface area contributed by atoms with Crippen molar-refractivity contribution in [3.05, 3.63) is 49.4 Å². The summed E-state index contributed by atoms with van der Waals surface area (Å²) in [4.78, 5) is 3.96. The van der Waals surface area contributed by atoms with Gasteiger partial charge in [0.05, 0.1) is 14.5 Å². The molecule has 0 unspecified atom stereocenters. The Morgan fingerprint density at radius 3 is 2.52 bits per heavy atom. The molecule has 0 aliphatic heterocycles. The lowest BCUT2D eigenvalue weighted by molar-refractivity contribution is 0.318. The van der Waals surface area contributed by atoms with Gasteiger partial charge in [-0.05, 0) is 28.1 Å². The zero-order valence-electron chi connectivity index (χ0n) is 10.0. The summed E-state index contributed by atoms with van der Waals surface area (Å²) in [6.45, 7) is 0. The lowest BCUT2D eigenvalue weighted by Crippen LogP contribution is -2.16. The maximum absolute atomic E-state index is 14.0. The molecule has 0 fully saturated rings. The summed E-state index contributed by atoms with van der Waals surface area (Å²) in [5, 5.41) is 11.6. The van der Waals surface area contributed by atoms with Crippen molar-refractivity contribution in [1.29, 1.82) is 0 Å². The Kier molecular flexibility index (Phi) is 4.93. The molecule has 0 atom stereocenters. The number of pyridine rings is 1. The summed E-state index contributed by atoms with van der Waals surface area (Å²) < 4.78 is 14.2. The molecular formula is C12H6BrCl3FN3O. The van der Waals surface area contributed by atoms with E-state index in [4.69, 9.17) is 45.7 Å². The van der Waals surface area contributed by atoms with Crippen LogP contribution in [0, 0.1) is 5.82 Å². The summed E-state index contributed by atoms with van der Waals surface area (Å²) >= 11 is 21.4. The Bertz CT molecular complexity index is 735. The van der Waals surface area contributed by atoms with E-state index in [2.05, 4.69) is 26.1 Å². The molecular weight excluding hydrogens is 407 g/mol. The third-order valence-electron chi connectivity index (χ3n) is 2.60. The molecule has 1 aromatic carbocycles. The Hall–Kier alpha value is -1.08. The first-order chi connectivity index (χ1) is 9.88. The minimum absolute atomic E-state index is 0.0217. The molecule has 0 saturated carbocycles. The predicted molar refractivity (Wildman–Crippen MR) is 84.9 cm³/mol. The van der Waals surface area contributed by atoms with E-state index >= 15 is 0 Å². The third kappa shape index (κ3) is 2.94. The molecule has 0 amide bonds. The molecule has 0 aliphatic carbocycles. The second kappa shape index (κ2) is 6.36. The maximum Gasteiger partial charge on any atom is 0.190 e. The number of benzene rings is 1. The monoisotopic (exact) mass is 411 g/mol. The van der Waals surface area contributed by atoms with Gasteiger partial charge in [0.2, 0.25) is 0 Å². The van der Waals surface area contributed by atoms with Gasteiger partial charge < -0.3 is 10.9 Å². The van der Waals surface area contributed by atoms with Gasteiger partial charge in [0.25, 0.3) is 0 Å². The van der Waals surface area contributed by atoms with Crippen LogP contribution >= 0.6 is 50.7 Å². The molecule has 2 aromatic rings. The Morgan fingerprint density at radius 1 is 1.29 bits per heavy atom. The fourth-order valence-corrected chi connectivity index (χ4v) is 3.02. The summed E-state index contributed by atoms with van der Waals surface area (Å²) in [6.07, 6.45) is 0. The fraction of sp³-hybridized carbons (Fsp3) is 0. The fourth-order valence-electron chi connectivity index (χ4n) is 1.67. The number of halogens is 5. The van der Waals surface area contributed by atoms with Crippen LogP contribution in [0.2, 0.25) is 15.2 Å². The number of amidine groups is 1. The van der Waals surface area contributed by atoms with Crippen LogP contribution in [0.3, 0.4) is 0 Å². The van der Waals surface area contributed by atoms with E-state index in [1.807, 2.05) is 0 Å². The first-order valence-corrected chi connectivity index (χ1v) is 7.28. The van der Waals surface area contributed by atoms with E-state index in [0.29, 0.717) is 0 Å². The van der Waals surface area contributed by atoms with Crippen molar-refractivity contribution < 1.29 is 9.60 Å². The third-order valence-corrected chi connectivity index (χ3v) is 4.57. The number of hydrogen-bond acceptors (Lipinski definition) is 3. The van der Waals surface area contributed by atoms with E-state index < -0.39 is 5.82 Å². The number of hydrogen-bond donors (Lipinski definition) is 2.